The maximum atomic E-state index is 6.24. The first-order valence-electron chi connectivity index (χ1n) is 7.84. The number of ether oxygens (including phenoxy) is 1. The molecular weight excluding hydrogens is 282 g/mol. The molecule has 0 aliphatic carbocycles. The SMILES string of the molecule is CC(Oc1ccccc1-c1ccccc1)N(C)c1ccccc1. The van der Waals surface area contributed by atoms with Crippen LogP contribution < -0.4 is 9.64 Å². The minimum atomic E-state index is -0.0673. The number of nitrogens with zero attached hydrogens (tertiary/aromatic N) is 1. The second-order valence-corrected chi connectivity index (χ2v) is 5.53. The zero-order valence-electron chi connectivity index (χ0n) is 13.5. The molecule has 0 aliphatic heterocycles. The van der Waals surface area contributed by atoms with E-state index in [0.717, 1.165) is 22.6 Å². The summed E-state index contributed by atoms with van der Waals surface area (Å²) in [7, 11) is 2.05. The first-order chi connectivity index (χ1) is 11.3. The van der Waals surface area contributed by atoms with E-state index in [1.807, 2.05) is 61.6 Å². The minimum Gasteiger partial charge on any atom is -0.470 e. The molecule has 0 fully saturated rings. The summed E-state index contributed by atoms with van der Waals surface area (Å²) in [6.45, 7) is 2.06. The zero-order valence-corrected chi connectivity index (χ0v) is 13.5. The summed E-state index contributed by atoms with van der Waals surface area (Å²) >= 11 is 0. The van der Waals surface area contributed by atoms with Gasteiger partial charge in [0.1, 0.15) is 5.75 Å². The molecule has 116 valence electrons. The third-order valence-electron chi connectivity index (χ3n) is 3.98. The molecule has 0 amide bonds. The standard InChI is InChI=1S/C21H21NO/c1-17(22(2)19-13-7-4-8-14-19)23-21-16-10-9-15-20(21)18-11-5-3-6-12-18/h3-17H,1-2H3. The highest BCUT2D eigenvalue weighted by Gasteiger charge is 2.14. The molecule has 3 rings (SSSR count). The van der Waals surface area contributed by atoms with E-state index in [9.17, 15) is 0 Å². The van der Waals surface area contributed by atoms with E-state index in [1.54, 1.807) is 0 Å². The lowest BCUT2D eigenvalue weighted by Gasteiger charge is -2.28. The Morgan fingerprint density at radius 2 is 1.30 bits per heavy atom. The number of hydrogen-bond donors (Lipinski definition) is 0. The fraction of sp³-hybridized carbons (Fsp3) is 0.143. The number of rotatable bonds is 5. The Bertz CT molecular complexity index is 740. The smallest absolute Gasteiger partial charge is 0.169 e. The number of hydrogen-bond acceptors (Lipinski definition) is 2. The van der Waals surface area contributed by atoms with Gasteiger partial charge in [0.15, 0.2) is 6.23 Å². The zero-order chi connectivity index (χ0) is 16.1. The molecule has 1 atom stereocenters. The van der Waals surface area contributed by atoms with Crippen LogP contribution in [0.3, 0.4) is 0 Å². The molecule has 0 spiro atoms. The molecule has 2 heteroatoms. The van der Waals surface area contributed by atoms with Gasteiger partial charge in [0, 0.05) is 18.3 Å². The van der Waals surface area contributed by atoms with E-state index in [2.05, 4.69) is 42.2 Å². The molecule has 0 N–H and O–H groups in total. The monoisotopic (exact) mass is 303 g/mol. The highest BCUT2D eigenvalue weighted by molar-refractivity contribution is 5.70. The lowest BCUT2D eigenvalue weighted by Crippen LogP contribution is -2.33. The van der Waals surface area contributed by atoms with Gasteiger partial charge in [-0.25, -0.2) is 0 Å². The molecule has 2 nitrogen and oxygen atoms in total. The van der Waals surface area contributed by atoms with Crippen LogP contribution in [0.2, 0.25) is 0 Å². The fourth-order valence-corrected chi connectivity index (χ4v) is 2.56. The van der Waals surface area contributed by atoms with Gasteiger partial charge >= 0.3 is 0 Å². The molecule has 1 unspecified atom stereocenters. The summed E-state index contributed by atoms with van der Waals surface area (Å²) in [5, 5.41) is 0. The van der Waals surface area contributed by atoms with Gasteiger partial charge in [0.05, 0.1) is 0 Å². The van der Waals surface area contributed by atoms with Crippen LogP contribution in [-0.2, 0) is 0 Å². The topological polar surface area (TPSA) is 12.5 Å². The number of para-hydroxylation sites is 2. The van der Waals surface area contributed by atoms with E-state index in [0.29, 0.717) is 0 Å². The van der Waals surface area contributed by atoms with Gasteiger partial charge in [-0.1, -0.05) is 66.7 Å². The lowest BCUT2D eigenvalue weighted by molar-refractivity contribution is 0.223. The molecule has 0 radical (unpaired) electrons. The second kappa shape index (κ2) is 7.01. The van der Waals surface area contributed by atoms with Gasteiger partial charge < -0.3 is 9.64 Å². The van der Waals surface area contributed by atoms with E-state index < -0.39 is 0 Å². The van der Waals surface area contributed by atoms with E-state index in [4.69, 9.17) is 4.74 Å². The highest BCUT2D eigenvalue weighted by atomic mass is 16.5. The van der Waals surface area contributed by atoms with Crippen LogP contribution in [0.5, 0.6) is 5.75 Å². The molecule has 0 saturated heterocycles. The van der Waals surface area contributed by atoms with Gasteiger partial charge in [-0.2, -0.15) is 0 Å². The van der Waals surface area contributed by atoms with Gasteiger partial charge in [0.2, 0.25) is 0 Å². The van der Waals surface area contributed by atoms with Crippen LogP contribution in [0.4, 0.5) is 5.69 Å². The highest BCUT2D eigenvalue weighted by Crippen LogP contribution is 2.31. The molecule has 0 aromatic heterocycles. The first kappa shape index (κ1) is 15.2. The summed E-state index contributed by atoms with van der Waals surface area (Å²) in [5.74, 6) is 0.897. The number of anilines is 1. The van der Waals surface area contributed by atoms with Crippen molar-refractivity contribution in [2.24, 2.45) is 0 Å². The van der Waals surface area contributed by atoms with Crippen molar-refractivity contribution >= 4 is 5.69 Å². The summed E-state index contributed by atoms with van der Waals surface area (Å²) in [4.78, 5) is 2.13. The maximum absolute atomic E-state index is 6.24. The average molecular weight is 303 g/mol. The minimum absolute atomic E-state index is 0.0673. The summed E-state index contributed by atoms with van der Waals surface area (Å²) in [5.41, 5.74) is 3.41. The van der Waals surface area contributed by atoms with Crippen molar-refractivity contribution in [2.45, 2.75) is 13.2 Å². The van der Waals surface area contributed by atoms with Gasteiger partial charge in [-0.05, 0) is 30.7 Å². The fourth-order valence-electron chi connectivity index (χ4n) is 2.56. The lowest BCUT2D eigenvalue weighted by atomic mass is 10.1. The van der Waals surface area contributed by atoms with Crippen molar-refractivity contribution < 1.29 is 4.74 Å². The Morgan fingerprint density at radius 1 is 0.739 bits per heavy atom. The largest absolute Gasteiger partial charge is 0.470 e. The van der Waals surface area contributed by atoms with Crippen molar-refractivity contribution in [3.63, 3.8) is 0 Å². The molecule has 3 aromatic carbocycles. The Kier molecular flexibility index (Phi) is 4.62. The molecule has 0 saturated carbocycles. The van der Waals surface area contributed by atoms with Crippen molar-refractivity contribution in [1.29, 1.82) is 0 Å². The Labute approximate surface area is 138 Å². The van der Waals surface area contributed by atoms with Gasteiger partial charge in [-0.3, -0.25) is 0 Å². The van der Waals surface area contributed by atoms with E-state index >= 15 is 0 Å². The predicted molar refractivity (Wildman–Crippen MR) is 96.8 cm³/mol. The Balaban J connectivity index is 1.83. The summed E-state index contributed by atoms with van der Waals surface area (Å²) in [6, 6.07) is 28.8. The molecule has 23 heavy (non-hydrogen) atoms. The van der Waals surface area contributed by atoms with Gasteiger partial charge in [0.25, 0.3) is 0 Å². The van der Waals surface area contributed by atoms with Crippen LogP contribution >= 0.6 is 0 Å². The average Bonchev–Trinajstić information content (AvgIpc) is 2.63. The Hall–Kier alpha value is -2.74. The van der Waals surface area contributed by atoms with Crippen molar-refractivity contribution in [2.75, 3.05) is 11.9 Å². The Morgan fingerprint density at radius 3 is 2.00 bits per heavy atom. The third-order valence-corrected chi connectivity index (χ3v) is 3.98. The van der Waals surface area contributed by atoms with E-state index in [-0.39, 0.29) is 6.23 Å². The van der Waals surface area contributed by atoms with Crippen molar-refractivity contribution in [3.8, 4) is 16.9 Å². The molecule has 0 aliphatic rings. The normalized spacial score (nSPS) is 11.7. The van der Waals surface area contributed by atoms with E-state index in [1.165, 1.54) is 0 Å². The molecule has 0 bridgehead atoms. The van der Waals surface area contributed by atoms with Crippen LogP contribution in [0, 0.1) is 0 Å². The quantitative estimate of drug-likeness (QED) is 0.600. The second-order valence-electron chi connectivity index (χ2n) is 5.53. The van der Waals surface area contributed by atoms with Crippen LogP contribution in [0.25, 0.3) is 11.1 Å². The van der Waals surface area contributed by atoms with Gasteiger partial charge in [-0.15, -0.1) is 0 Å². The third kappa shape index (κ3) is 3.54. The van der Waals surface area contributed by atoms with Crippen LogP contribution in [-0.4, -0.2) is 13.3 Å². The molecular formula is C21H21NO. The molecule has 0 heterocycles. The first-order valence-corrected chi connectivity index (χ1v) is 7.84. The maximum Gasteiger partial charge on any atom is 0.169 e. The van der Waals surface area contributed by atoms with Crippen LogP contribution in [0.15, 0.2) is 84.9 Å². The summed E-state index contributed by atoms with van der Waals surface area (Å²) < 4.78 is 6.24. The van der Waals surface area contributed by atoms with Crippen molar-refractivity contribution in [1.82, 2.24) is 0 Å². The predicted octanol–water partition coefficient (Wildman–Crippen LogP) is 5.21. The summed E-state index contributed by atoms with van der Waals surface area (Å²) in [6.07, 6.45) is -0.0673. The van der Waals surface area contributed by atoms with Crippen molar-refractivity contribution in [3.05, 3.63) is 84.9 Å². The number of benzene rings is 3. The molecule has 3 aromatic rings. The van der Waals surface area contributed by atoms with Crippen LogP contribution in [0.1, 0.15) is 6.92 Å².